The molecule has 116 valence electrons. The van der Waals surface area contributed by atoms with Crippen molar-refractivity contribution in [2.24, 2.45) is 7.05 Å². The number of aryl methyl sites for hydroxylation is 1. The molecule has 0 saturated heterocycles. The second-order valence-corrected chi connectivity index (χ2v) is 5.40. The molecule has 2 amide bonds. The Balaban J connectivity index is 1.73. The maximum absolute atomic E-state index is 12.3. The van der Waals surface area contributed by atoms with Gasteiger partial charge in [-0.1, -0.05) is 12.1 Å². The number of carbonyl (C=O) groups excluding carboxylic acids is 1. The molecule has 1 aromatic carbocycles. The van der Waals surface area contributed by atoms with Crippen LogP contribution in [0.1, 0.15) is 12.8 Å². The van der Waals surface area contributed by atoms with E-state index in [1.54, 1.807) is 15.9 Å². The maximum atomic E-state index is 12.3. The lowest BCUT2D eigenvalue weighted by molar-refractivity contribution is 0.185. The monoisotopic (exact) mass is 301 g/mol. The third kappa shape index (κ3) is 3.25. The van der Waals surface area contributed by atoms with Gasteiger partial charge in [-0.05, 0) is 25.0 Å². The molecule has 0 atom stereocenters. The number of nitrogens with one attached hydrogen (secondary N) is 1. The highest BCUT2D eigenvalue weighted by molar-refractivity contribution is 5.90. The second kappa shape index (κ2) is 6.15. The summed E-state index contributed by atoms with van der Waals surface area (Å²) in [7, 11) is 1.81. The van der Waals surface area contributed by atoms with E-state index < -0.39 is 0 Å². The van der Waals surface area contributed by atoms with Crippen molar-refractivity contribution in [2.75, 3.05) is 18.5 Å². The normalized spacial score (nSPS) is 13.9. The summed E-state index contributed by atoms with van der Waals surface area (Å²) in [5.74, 6) is 0.619. The molecule has 1 aliphatic rings. The van der Waals surface area contributed by atoms with E-state index in [0.717, 1.165) is 18.4 Å². The molecule has 7 heteroatoms. The molecular weight excluding hydrogens is 282 g/mol. The number of rotatable bonds is 5. The van der Waals surface area contributed by atoms with E-state index in [2.05, 4.69) is 15.4 Å². The number of aliphatic hydroxyl groups excluding tert-OH is 1. The first kappa shape index (κ1) is 14.5. The average Bonchev–Trinajstić information content (AvgIpc) is 3.25. The standard InChI is InChI=1S/C15H19N5O2/c1-19-10-16-14(18-19)11-3-2-4-12(9-11)17-15(22)20(7-8-21)13-5-6-13/h2-4,9-10,13,21H,5-8H2,1H3,(H,17,22). The van der Waals surface area contributed by atoms with E-state index in [4.69, 9.17) is 5.11 Å². The van der Waals surface area contributed by atoms with Gasteiger partial charge in [0.25, 0.3) is 0 Å². The molecule has 7 nitrogen and oxygen atoms in total. The topological polar surface area (TPSA) is 83.3 Å². The molecule has 0 unspecified atom stereocenters. The SMILES string of the molecule is Cn1cnc(-c2cccc(NC(=O)N(CCO)C3CC3)c2)n1. The fourth-order valence-electron chi connectivity index (χ4n) is 2.35. The van der Waals surface area contributed by atoms with E-state index in [-0.39, 0.29) is 18.7 Å². The minimum Gasteiger partial charge on any atom is -0.395 e. The summed E-state index contributed by atoms with van der Waals surface area (Å²) < 4.78 is 1.64. The van der Waals surface area contributed by atoms with Gasteiger partial charge in [0.05, 0.1) is 6.61 Å². The van der Waals surface area contributed by atoms with Crippen LogP contribution in [0.4, 0.5) is 10.5 Å². The molecule has 0 bridgehead atoms. The Kier molecular flexibility index (Phi) is 4.06. The van der Waals surface area contributed by atoms with Gasteiger partial charge in [-0.3, -0.25) is 4.68 Å². The highest BCUT2D eigenvalue weighted by Gasteiger charge is 2.32. The molecule has 0 radical (unpaired) electrons. The molecule has 1 aliphatic carbocycles. The van der Waals surface area contributed by atoms with Crippen LogP contribution in [0.15, 0.2) is 30.6 Å². The molecular formula is C15H19N5O2. The van der Waals surface area contributed by atoms with Gasteiger partial charge in [-0.2, -0.15) is 5.10 Å². The fourth-order valence-corrected chi connectivity index (χ4v) is 2.35. The molecule has 1 heterocycles. The van der Waals surface area contributed by atoms with E-state index >= 15 is 0 Å². The summed E-state index contributed by atoms with van der Waals surface area (Å²) in [5.41, 5.74) is 1.54. The lowest BCUT2D eigenvalue weighted by Gasteiger charge is -2.21. The third-order valence-corrected chi connectivity index (χ3v) is 3.56. The number of nitrogens with zero attached hydrogens (tertiary/aromatic N) is 4. The van der Waals surface area contributed by atoms with Crippen molar-refractivity contribution in [1.82, 2.24) is 19.7 Å². The molecule has 22 heavy (non-hydrogen) atoms. The number of aromatic nitrogens is 3. The van der Waals surface area contributed by atoms with Crippen LogP contribution >= 0.6 is 0 Å². The molecule has 3 rings (SSSR count). The number of anilines is 1. The van der Waals surface area contributed by atoms with Gasteiger partial charge in [0.15, 0.2) is 5.82 Å². The van der Waals surface area contributed by atoms with Crippen molar-refractivity contribution in [2.45, 2.75) is 18.9 Å². The van der Waals surface area contributed by atoms with Crippen LogP contribution in [0.5, 0.6) is 0 Å². The van der Waals surface area contributed by atoms with Gasteiger partial charge in [0, 0.05) is 30.9 Å². The fraction of sp³-hybridized carbons (Fsp3) is 0.400. The smallest absolute Gasteiger partial charge is 0.322 e. The zero-order chi connectivity index (χ0) is 15.5. The van der Waals surface area contributed by atoms with E-state index in [9.17, 15) is 4.79 Å². The molecule has 2 N–H and O–H groups in total. The van der Waals surface area contributed by atoms with Gasteiger partial charge in [0.1, 0.15) is 6.33 Å². The molecule has 2 aromatic rings. The highest BCUT2D eigenvalue weighted by atomic mass is 16.3. The molecule has 0 aliphatic heterocycles. The third-order valence-electron chi connectivity index (χ3n) is 3.56. The van der Waals surface area contributed by atoms with Crippen molar-refractivity contribution in [1.29, 1.82) is 0 Å². The van der Waals surface area contributed by atoms with Crippen LogP contribution in [0, 0.1) is 0 Å². The van der Waals surface area contributed by atoms with Crippen LogP contribution in [0.2, 0.25) is 0 Å². The zero-order valence-electron chi connectivity index (χ0n) is 12.4. The second-order valence-electron chi connectivity index (χ2n) is 5.40. The van der Waals surface area contributed by atoms with Crippen molar-refractivity contribution in [3.8, 4) is 11.4 Å². The number of hydrogen-bond acceptors (Lipinski definition) is 4. The quantitative estimate of drug-likeness (QED) is 0.876. The Morgan fingerprint density at radius 2 is 2.32 bits per heavy atom. The summed E-state index contributed by atoms with van der Waals surface area (Å²) in [6.07, 6.45) is 3.65. The largest absolute Gasteiger partial charge is 0.395 e. The van der Waals surface area contributed by atoms with Gasteiger partial charge in [-0.25, -0.2) is 9.78 Å². The van der Waals surface area contributed by atoms with Crippen LogP contribution < -0.4 is 5.32 Å². The van der Waals surface area contributed by atoms with Crippen molar-refractivity contribution < 1.29 is 9.90 Å². The summed E-state index contributed by atoms with van der Waals surface area (Å²) in [4.78, 5) is 18.2. The van der Waals surface area contributed by atoms with Crippen molar-refractivity contribution >= 4 is 11.7 Å². The molecule has 1 fully saturated rings. The summed E-state index contributed by atoms with van der Waals surface area (Å²) in [5, 5.41) is 16.2. The number of amides is 2. The molecule has 1 aromatic heterocycles. The van der Waals surface area contributed by atoms with E-state index in [1.807, 2.05) is 31.3 Å². The average molecular weight is 301 g/mol. The van der Waals surface area contributed by atoms with E-state index in [0.29, 0.717) is 18.1 Å². The zero-order valence-corrected chi connectivity index (χ0v) is 12.4. The van der Waals surface area contributed by atoms with Gasteiger partial charge < -0.3 is 15.3 Å². The molecule has 1 saturated carbocycles. The number of carbonyl (C=O) groups is 1. The summed E-state index contributed by atoms with van der Waals surface area (Å²) in [6.45, 7) is 0.333. The summed E-state index contributed by atoms with van der Waals surface area (Å²) >= 11 is 0. The first-order chi connectivity index (χ1) is 10.7. The van der Waals surface area contributed by atoms with Gasteiger partial charge >= 0.3 is 6.03 Å². The number of urea groups is 1. The van der Waals surface area contributed by atoms with Crippen LogP contribution in [-0.4, -0.2) is 50.0 Å². The predicted octanol–water partition coefficient (Wildman–Crippen LogP) is 1.47. The summed E-state index contributed by atoms with van der Waals surface area (Å²) in [6, 6.07) is 7.51. The first-order valence-corrected chi connectivity index (χ1v) is 7.32. The Morgan fingerprint density at radius 3 is 2.95 bits per heavy atom. The Labute approximate surface area is 128 Å². The molecule has 0 spiro atoms. The maximum Gasteiger partial charge on any atom is 0.322 e. The Bertz CT molecular complexity index is 665. The Hall–Kier alpha value is -2.41. The van der Waals surface area contributed by atoms with Crippen LogP contribution in [0.3, 0.4) is 0 Å². The van der Waals surface area contributed by atoms with Crippen LogP contribution in [0.25, 0.3) is 11.4 Å². The minimum atomic E-state index is -0.178. The van der Waals surface area contributed by atoms with Crippen LogP contribution in [-0.2, 0) is 7.05 Å². The predicted molar refractivity (Wildman–Crippen MR) is 82.3 cm³/mol. The number of benzene rings is 1. The number of aliphatic hydroxyl groups is 1. The van der Waals surface area contributed by atoms with E-state index in [1.165, 1.54) is 0 Å². The van der Waals surface area contributed by atoms with Gasteiger partial charge in [-0.15, -0.1) is 0 Å². The lowest BCUT2D eigenvalue weighted by atomic mass is 10.2. The van der Waals surface area contributed by atoms with Gasteiger partial charge in [0.2, 0.25) is 0 Å². The Morgan fingerprint density at radius 1 is 1.50 bits per heavy atom. The minimum absolute atomic E-state index is 0.0260. The first-order valence-electron chi connectivity index (χ1n) is 7.32. The highest BCUT2D eigenvalue weighted by Crippen LogP contribution is 2.27. The van der Waals surface area contributed by atoms with Crippen molar-refractivity contribution in [3.05, 3.63) is 30.6 Å². The lowest BCUT2D eigenvalue weighted by Crippen LogP contribution is -2.38. The van der Waals surface area contributed by atoms with Crippen molar-refractivity contribution in [3.63, 3.8) is 0 Å². The number of hydrogen-bond donors (Lipinski definition) is 2.